The Morgan fingerprint density at radius 1 is 1.24 bits per heavy atom. The number of carboxylic acid groups (broad SMARTS) is 1. The summed E-state index contributed by atoms with van der Waals surface area (Å²) in [5, 5.41) is 23.7. The summed E-state index contributed by atoms with van der Waals surface area (Å²) in [5.74, 6) is -1.71. The maximum Gasteiger partial charge on any atom is 0.339 e. The number of anilines is 1. The summed E-state index contributed by atoms with van der Waals surface area (Å²) in [6, 6.07) is 3.65. The predicted molar refractivity (Wildman–Crippen MR) is 77.8 cm³/mol. The number of benzene rings is 1. The number of amides is 2. The number of aromatic carboxylic acids is 1. The Kier molecular flexibility index (Phi) is 7.03. The van der Waals surface area contributed by atoms with E-state index in [9.17, 15) is 14.7 Å². The van der Waals surface area contributed by atoms with E-state index in [1.807, 2.05) is 0 Å². The highest BCUT2D eigenvalue weighted by Gasteiger charge is 2.14. The second-order valence-corrected chi connectivity index (χ2v) is 4.44. The number of para-hydroxylation sites is 1. The molecular formula is C14H20N2O5. The first-order valence-corrected chi connectivity index (χ1v) is 6.65. The quantitative estimate of drug-likeness (QED) is 0.433. The largest absolute Gasteiger partial charge is 0.505 e. The highest BCUT2D eigenvalue weighted by atomic mass is 16.5. The van der Waals surface area contributed by atoms with E-state index in [-0.39, 0.29) is 11.3 Å². The maximum atomic E-state index is 11.6. The highest BCUT2D eigenvalue weighted by Crippen LogP contribution is 2.27. The van der Waals surface area contributed by atoms with Gasteiger partial charge in [-0.2, -0.15) is 0 Å². The Hall–Kier alpha value is -2.28. The minimum Gasteiger partial charge on any atom is -0.505 e. The van der Waals surface area contributed by atoms with Crippen molar-refractivity contribution >= 4 is 17.7 Å². The van der Waals surface area contributed by atoms with Gasteiger partial charge in [-0.15, -0.1) is 0 Å². The van der Waals surface area contributed by atoms with Crippen molar-refractivity contribution in [3.8, 4) is 5.75 Å². The first-order chi connectivity index (χ1) is 10.1. The molecule has 0 saturated heterocycles. The van der Waals surface area contributed by atoms with Gasteiger partial charge in [-0.3, -0.25) is 0 Å². The fourth-order valence-electron chi connectivity index (χ4n) is 1.73. The second-order valence-electron chi connectivity index (χ2n) is 4.44. The summed E-state index contributed by atoms with van der Waals surface area (Å²) >= 11 is 0. The van der Waals surface area contributed by atoms with Crippen molar-refractivity contribution in [2.45, 2.75) is 19.3 Å². The predicted octanol–water partition coefficient (Wildman–Crippen LogP) is 2.03. The number of carbonyl (C=O) groups is 2. The van der Waals surface area contributed by atoms with Crippen molar-refractivity contribution in [1.29, 1.82) is 0 Å². The molecule has 0 saturated carbocycles. The third-order valence-corrected chi connectivity index (χ3v) is 2.83. The average Bonchev–Trinajstić information content (AvgIpc) is 2.44. The monoisotopic (exact) mass is 296 g/mol. The van der Waals surface area contributed by atoms with Gasteiger partial charge in [0.15, 0.2) is 5.75 Å². The van der Waals surface area contributed by atoms with Gasteiger partial charge in [0, 0.05) is 20.3 Å². The number of hydrogen-bond acceptors (Lipinski definition) is 4. The van der Waals surface area contributed by atoms with E-state index in [0.29, 0.717) is 13.2 Å². The summed E-state index contributed by atoms with van der Waals surface area (Å²) in [7, 11) is 1.64. The Bertz CT molecular complexity index is 490. The number of carbonyl (C=O) groups excluding carboxylic acids is 1. The van der Waals surface area contributed by atoms with E-state index in [4.69, 9.17) is 9.84 Å². The van der Waals surface area contributed by atoms with Crippen LogP contribution in [0, 0.1) is 0 Å². The van der Waals surface area contributed by atoms with Gasteiger partial charge in [0.2, 0.25) is 0 Å². The number of hydrogen-bond donors (Lipinski definition) is 4. The van der Waals surface area contributed by atoms with E-state index in [0.717, 1.165) is 19.3 Å². The highest BCUT2D eigenvalue weighted by molar-refractivity contribution is 5.97. The molecule has 1 aromatic rings. The zero-order valence-corrected chi connectivity index (χ0v) is 11.9. The number of rotatable bonds is 8. The van der Waals surface area contributed by atoms with Crippen molar-refractivity contribution in [3.63, 3.8) is 0 Å². The lowest BCUT2D eigenvalue weighted by Gasteiger charge is -2.10. The van der Waals surface area contributed by atoms with Crippen molar-refractivity contribution in [3.05, 3.63) is 23.8 Å². The molecule has 7 heteroatoms. The van der Waals surface area contributed by atoms with Crippen molar-refractivity contribution in [2.24, 2.45) is 0 Å². The summed E-state index contributed by atoms with van der Waals surface area (Å²) in [5.41, 5.74) is -0.195. The van der Waals surface area contributed by atoms with E-state index in [1.54, 1.807) is 7.11 Å². The van der Waals surface area contributed by atoms with Crippen LogP contribution in [-0.4, -0.2) is 42.5 Å². The molecule has 1 aromatic carbocycles. The van der Waals surface area contributed by atoms with Crippen LogP contribution in [0.1, 0.15) is 29.6 Å². The first kappa shape index (κ1) is 16.8. The lowest BCUT2D eigenvalue weighted by atomic mass is 10.1. The number of unbranched alkanes of at least 4 members (excludes halogenated alkanes) is 2. The normalized spacial score (nSPS) is 10.1. The first-order valence-electron chi connectivity index (χ1n) is 6.65. The smallest absolute Gasteiger partial charge is 0.339 e. The number of aromatic hydroxyl groups is 1. The van der Waals surface area contributed by atoms with Crippen LogP contribution in [0.2, 0.25) is 0 Å². The zero-order valence-electron chi connectivity index (χ0n) is 11.9. The van der Waals surface area contributed by atoms with E-state index < -0.39 is 17.7 Å². The van der Waals surface area contributed by atoms with E-state index >= 15 is 0 Å². The Labute approximate surface area is 122 Å². The molecule has 0 fully saturated rings. The molecule has 116 valence electrons. The molecule has 0 radical (unpaired) electrons. The molecule has 0 atom stereocenters. The summed E-state index contributed by atoms with van der Waals surface area (Å²) in [6.45, 7) is 1.19. The van der Waals surface area contributed by atoms with Gasteiger partial charge >= 0.3 is 12.0 Å². The minimum absolute atomic E-state index is 0.0618. The number of carboxylic acids is 1. The van der Waals surface area contributed by atoms with Gasteiger partial charge in [0.25, 0.3) is 0 Å². The number of nitrogens with one attached hydrogen (secondary N) is 2. The maximum absolute atomic E-state index is 11.6. The number of methoxy groups -OCH3 is 1. The Morgan fingerprint density at radius 2 is 2.00 bits per heavy atom. The van der Waals surface area contributed by atoms with Crippen LogP contribution >= 0.6 is 0 Å². The van der Waals surface area contributed by atoms with Gasteiger partial charge in [0.1, 0.15) is 5.56 Å². The molecule has 0 aliphatic heterocycles. The molecule has 2 amide bonds. The average molecular weight is 296 g/mol. The lowest BCUT2D eigenvalue weighted by molar-refractivity contribution is 0.0693. The van der Waals surface area contributed by atoms with Crippen LogP contribution < -0.4 is 10.6 Å². The third kappa shape index (κ3) is 5.70. The number of ether oxygens (including phenoxy) is 1. The fraction of sp³-hybridized carbons (Fsp3) is 0.429. The molecule has 0 spiro atoms. The van der Waals surface area contributed by atoms with Gasteiger partial charge in [-0.25, -0.2) is 9.59 Å². The van der Waals surface area contributed by atoms with Crippen LogP contribution in [-0.2, 0) is 4.74 Å². The summed E-state index contributed by atoms with van der Waals surface area (Å²) in [6.07, 6.45) is 2.69. The Morgan fingerprint density at radius 3 is 2.67 bits per heavy atom. The summed E-state index contributed by atoms with van der Waals surface area (Å²) in [4.78, 5) is 22.5. The molecule has 0 aliphatic carbocycles. The molecule has 1 rings (SSSR count). The molecule has 0 bridgehead atoms. The van der Waals surface area contributed by atoms with Crippen molar-refractivity contribution in [2.75, 3.05) is 25.6 Å². The fourth-order valence-corrected chi connectivity index (χ4v) is 1.73. The standard InChI is InChI=1S/C14H20N2O5/c1-21-9-4-2-3-8-15-14(20)16-11-7-5-6-10(12(11)17)13(18)19/h5-7,17H,2-4,8-9H2,1H3,(H,18,19)(H2,15,16,20). The number of urea groups is 1. The molecule has 7 nitrogen and oxygen atoms in total. The van der Waals surface area contributed by atoms with Crippen LogP contribution in [0.5, 0.6) is 5.75 Å². The molecular weight excluding hydrogens is 276 g/mol. The minimum atomic E-state index is -1.25. The van der Waals surface area contributed by atoms with Crippen LogP contribution in [0.3, 0.4) is 0 Å². The van der Waals surface area contributed by atoms with Crippen LogP contribution in [0.4, 0.5) is 10.5 Å². The van der Waals surface area contributed by atoms with Gasteiger partial charge < -0.3 is 25.6 Å². The molecule has 21 heavy (non-hydrogen) atoms. The second kappa shape index (κ2) is 8.80. The van der Waals surface area contributed by atoms with Gasteiger partial charge in [-0.1, -0.05) is 6.07 Å². The van der Waals surface area contributed by atoms with E-state index in [1.165, 1.54) is 18.2 Å². The van der Waals surface area contributed by atoms with Gasteiger partial charge in [-0.05, 0) is 31.4 Å². The Balaban J connectivity index is 2.41. The van der Waals surface area contributed by atoms with Gasteiger partial charge in [0.05, 0.1) is 5.69 Å². The van der Waals surface area contributed by atoms with Crippen molar-refractivity contribution in [1.82, 2.24) is 5.32 Å². The topological polar surface area (TPSA) is 108 Å². The lowest BCUT2D eigenvalue weighted by Crippen LogP contribution is -2.29. The zero-order chi connectivity index (χ0) is 15.7. The van der Waals surface area contributed by atoms with Crippen LogP contribution in [0.15, 0.2) is 18.2 Å². The van der Waals surface area contributed by atoms with Crippen molar-refractivity contribution < 1.29 is 24.5 Å². The summed E-state index contributed by atoms with van der Waals surface area (Å²) < 4.78 is 4.92. The molecule has 0 aliphatic rings. The molecule has 0 aromatic heterocycles. The molecule has 0 heterocycles. The molecule has 0 unspecified atom stereocenters. The number of phenols is 1. The van der Waals surface area contributed by atoms with Crippen LogP contribution in [0.25, 0.3) is 0 Å². The van der Waals surface area contributed by atoms with E-state index in [2.05, 4.69) is 10.6 Å². The SMILES string of the molecule is COCCCCCNC(=O)Nc1cccc(C(=O)O)c1O. The molecule has 4 N–H and O–H groups in total. The third-order valence-electron chi connectivity index (χ3n) is 2.83.